The van der Waals surface area contributed by atoms with Gasteiger partial charge in [0.1, 0.15) is 11.5 Å². The molecular weight excluding hydrogens is 311 g/mol. The molecule has 0 saturated carbocycles. The maximum Gasteiger partial charge on any atom is 0.573 e. The smallest absolute Gasteiger partial charge is 0.496 e. The van der Waals surface area contributed by atoms with Crippen LogP contribution in [0.5, 0.6) is 11.5 Å². The van der Waals surface area contributed by atoms with Crippen molar-refractivity contribution in [1.29, 1.82) is 0 Å². The van der Waals surface area contributed by atoms with Gasteiger partial charge in [-0.1, -0.05) is 18.2 Å². The normalized spacial score (nSPS) is 11.0. The van der Waals surface area contributed by atoms with E-state index in [1.165, 1.54) is 19.2 Å². The molecule has 1 amide bonds. The average Bonchev–Trinajstić information content (AvgIpc) is 2.52. The monoisotopic (exact) mass is 325 g/mol. The van der Waals surface area contributed by atoms with E-state index in [9.17, 15) is 18.0 Å². The van der Waals surface area contributed by atoms with E-state index in [0.717, 1.165) is 17.7 Å². The third-order valence-corrected chi connectivity index (χ3v) is 2.98. The van der Waals surface area contributed by atoms with Crippen molar-refractivity contribution in [1.82, 2.24) is 5.32 Å². The number of amides is 1. The number of hydrogen-bond donors (Lipinski definition) is 1. The lowest BCUT2D eigenvalue weighted by molar-refractivity contribution is -0.274. The summed E-state index contributed by atoms with van der Waals surface area (Å²) >= 11 is 0. The lowest BCUT2D eigenvalue weighted by Crippen LogP contribution is -2.23. The summed E-state index contributed by atoms with van der Waals surface area (Å²) in [6.07, 6.45) is -4.76. The minimum absolute atomic E-state index is 0.231. The lowest BCUT2D eigenvalue weighted by atomic mass is 10.1. The second-order valence-corrected chi connectivity index (χ2v) is 4.57. The number of hydrogen-bond acceptors (Lipinski definition) is 3. The maximum absolute atomic E-state index is 12.1. The van der Waals surface area contributed by atoms with E-state index >= 15 is 0 Å². The number of nitrogens with one attached hydrogen (secondary N) is 1. The Bertz CT molecular complexity index is 669. The quantitative estimate of drug-likeness (QED) is 0.915. The molecule has 0 aliphatic carbocycles. The molecule has 1 N–H and O–H groups in total. The van der Waals surface area contributed by atoms with E-state index in [2.05, 4.69) is 10.1 Å². The number of para-hydroxylation sites is 1. The Kier molecular flexibility index (Phi) is 5.10. The second kappa shape index (κ2) is 7.04. The van der Waals surface area contributed by atoms with E-state index in [-0.39, 0.29) is 17.9 Å². The molecule has 2 rings (SSSR count). The zero-order valence-electron chi connectivity index (χ0n) is 12.2. The molecule has 0 aromatic heterocycles. The molecule has 0 unspecified atom stereocenters. The largest absolute Gasteiger partial charge is 0.573 e. The Morgan fingerprint density at radius 3 is 2.35 bits per heavy atom. The average molecular weight is 325 g/mol. The Morgan fingerprint density at radius 1 is 1.09 bits per heavy atom. The molecule has 0 aliphatic rings. The third-order valence-electron chi connectivity index (χ3n) is 2.98. The third kappa shape index (κ3) is 4.91. The van der Waals surface area contributed by atoms with Crippen LogP contribution >= 0.6 is 0 Å². The molecule has 0 bridgehead atoms. The van der Waals surface area contributed by atoms with Gasteiger partial charge in [0, 0.05) is 17.7 Å². The van der Waals surface area contributed by atoms with E-state index in [1.54, 1.807) is 12.1 Å². The highest BCUT2D eigenvalue weighted by Gasteiger charge is 2.31. The van der Waals surface area contributed by atoms with Crippen LogP contribution in [0.25, 0.3) is 0 Å². The summed E-state index contributed by atoms with van der Waals surface area (Å²) in [7, 11) is 1.53. The van der Waals surface area contributed by atoms with Gasteiger partial charge in [0.15, 0.2) is 0 Å². The zero-order chi connectivity index (χ0) is 16.9. The van der Waals surface area contributed by atoms with Crippen LogP contribution in [-0.4, -0.2) is 19.4 Å². The van der Waals surface area contributed by atoms with Crippen molar-refractivity contribution in [3.05, 3.63) is 59.7 Å². The van der Waals surface area contributed by atoms with Crippen LogP contribution in [0.2, 0.25) is 0 Å². The molecule has 2 aromatic rings. The number of methoxy groups -OCH3 is 1. The minimum atomic E-state index is -4.76. The van der Waals surface area contributed by atoms with Gasteiger partial charge in [0.2, 0.25) is 0 Å². The van der Waals surface area contributed by atoms with Crippen LogP contribution in [0.3, 0.4) is 0 Å². The number of carbonyl (C=O) groups excluding carboxylic acids is 1. The van der Waals surface area contributed by atoms with Crippen LogP contribution < -0.4 is 14.8 Å². The second-order valence-electron chi connectivity index (χ2n) is 4.57. The number of benzene rings is 2. The first-order valence-corrected chi connectivity index (χ1v) is 6.65. The van der Waals surface area contributed by atoms with Crippen molar-refractivity contribution in [3.63, 3.8) is 0 Å². The summed E-state index contributed by atoms with van der Waals surface area (Å²) in [4.78, 5) is 12.0. The SMILES string of the molecule is COc1ccccc1CNC(=O)c1ccc(OC(F)(F)F)cc1. The Balaban J connectivity index is 1.98. The Morgan fingerprint density at radius 2 is 1.74 bits per heavy atom. The first-order valence-electron chi connectivity index (χ1n) is 6.65. The number of ether oxygens (including phenoxy) is 2. The van der Waals surface area contributed by atoms with Crippen molar-refractivity contribution in [2.75, 3.05) is 7.11 Å². The fourth-order valence-electron chi connectivity index (χ4n) is 1.93. The molecule has 0 aliphatic heterocycles. The van der Waals surface area contributed by atoms with E-state index in [4.69, 9.17) is 4.74 Å². The Labute approximate surface area is 130 Å². The number of halogens is 3. The van der Waals surface area contributed by atoms with Gasteiger partial charge in [0.05, 0.1) is 7.11 Å². The molecule has 0 radical (unpaired) electrons. The first kappa shape index (κ1) is 16.7. The predicted molar refractivity (Wildman–Crippen MR) is 77.3 cm³/mol. The molecular formula is C16H14F3NO3. The summed E-state index contributed by atoms with van der Waals surface area (Å²) in [6, 6.07) is 11.9. The van der Waals surface area contributed by atoms with Crippen LogP contribution in [0.1, 0.15) is 15.9 Å². The standard InChI is InChI=1S/C16H14F3NO3/c1-22-14-5-3-2-4-12(14)10-20-15(21)11-6-8-13(9-7-11)23-16(17,18)19/h2-9H,10H2,1H3,(H,20,21). The predicted octanol–water partition coefficient (Wildman–Crippen LogP) is 3.52. The highest BCUT2D eigenvalue weighted by atomic mass is 19.4. The van der Waals surface area contributed by atoms with E-state index in [1.807, 2.05) is 12.1 Å². The van der Waals surface area contributed by atoms with Gasteiger partial charge in [-0.15, -0.1) is 13.2 Å². The van der Waals surface area contributed by atoms with Crippen molar-refractivity contribution in [3.8, 4) is 11.5 Å². The van der Waals surface area contributed by atoms with Crippen molar-refractivity contribution >= 4 is 5.91 Å². The fraction of sp³-hybridized carbons (Fsp3) is 0.188. The molecule has 0 atom stereocenters. The van der Waals surface area contributed by atoms with E-state index in [0.29, 0.717) is 5.75 Å². The minimum Gasteiger partial charge on any atom is -0.496 e. The molecule has 4 nitrogen and oxygen atoms in total. The van der Waals surface area contributed by atoms with E-state index < -0.39 is 12.3 Å². The summed E-state index contributed by atoms with van der Waals surface area (Å²) in [5.41, 5.74) is 1.02. The number of rotatable bonds is 5. The molecule has 0 spiro atoms. The molecule has 7 heteroatoms. The van der Waals surface area contributed by atoms with Gasteiger partial charge >= 0.3 is 6.36 Å². The van der Waals surface area contributed by atoms with Crippen molar-refractivity contribution in [2.45, 2.75) is 12.9 Å². The van der Waals surface area contributed by atoms with Crippen molar-refractivity contribution in [2.24, 2.45) is 0 Å². The van der Waals surface area contributed by atoms with Gasteiger partial charge in [-0.3, -0.25) is 4.79 Å². The maximum atomic E-state index is 12.1. The van der Waals surface area contributed by atoms with Crippen LogP contribution in [0.4, 0.5) is 13.2 Å². The van der Waals surface area contributed by atoms with Crippen LogP contribution in [0.15, 0.2) is 48.5 Å². The summed E-state index contributed by atoms with van der Waals surface area (Å²) < 4.78 is 45.1. The highest BCUT2D eigenvalue weighted by Crippen LogP contribution is 2.23. The van der Waals surface area contributed by atoms with Gasteiger partial charge in [-0.25, -0.2) is 0 Å². The fourth-order valence-corrected chi connectivity index (χ4v) is 1.93. The topological polar surface area (TPSA) is 47.6 Å². The van der Waals surface area contributed by atoms with Crippen LogP contribution in [-0.2, 0) is 6.54 Å². The first-order chi connectivity index (χ1) is 10.9. The summed E-state index contributed by atoms with van der Waals surface area (Å²) in [5, 5.41) is 2.68. The van der Waals surface area contributed by atoms with Gasteiger partial charge in [-0.05, 0) is 30.3 Å². The highest BCUT2D eigenvalue weighted by molar-refractivity contribution is 5.94. The Hall–Kier alpha value is -2.70. The molecule has 122 valence electrons. The molecule has 0 fully saturated rings. The van der Waals surface area contributed by atoms with Gasteiger partial charge in [-0.2, -0.15) is 0 Å². The van der Waals surface area contributed by atoms with Gasteiger partial charge < -0.3 is 14.8 Å². The number of carbonyl (C=O) groups is 1. The number of alkyl halides is 3. The lowest BCUT2D eigenvalue weighted by Gasteiger charge is -2.11. The summed E-state index contributed by atoms with van der Waals surface area (Å²) in [5.74, 6) is -0.144. The van der Waals surface area contributed by atoms with Crippen molar-refractivity contribution < 1.29 is 27.4 Å². The zero-order valence-corrected chi connectivity index (χ0v) is 12.2. The van der Waals surface area contributed by atoms with Gasteiger partial charge in [0.25, 0.3) is 5.91 Å². The summed E-state index contributed by atoms with van der Waals surface area (Å²) in [6.45, 7) is 0.240. The molecule has 23 heavy (non-hydrogen) atoms. The van der Waals surface area contributed by atoms with Crippen LogP contribution in [0, 0.1) is 0 Å². The molecule has 0 heterocycles. The molecule has 2 aromatic carbocycles. The molecule has 0 saturated heterocycles.